The fourth-order valence-corrected chi connectivity index (χ4v) is 4.81. The number of hydrogen-bond donors (Lipinski definition) is 2. The van der Waals surface area contributed by atoms with Crippen LogP contribution in [0.5, 0.6) is 0 Å². The number of morpholine rings is 1. The lowest BCUT2D eigenvalue weighted by Gasteiger charge is -2.48. The van der Waals surface area contributed by atoms with Gasteiger partial charge in [-0.05, 0) is 24.5 Å². The molecule has 4 rings (SSSR count). The van der Waals surface area contributed by atoms with Crippen LogP contribution in [0.2, 0.25) is 0 Å². The van der Waals surface area contributed by atoms with Crippen LogP contribution in [0.25, 0.3) is 10.9 Å². The van der Waals surface area contributed by atoms with Crippen molar-refractivity contribution in [3.05, 3.63) is 42.1 Å². The van der Waals surface area contributed by atoms with E-state index in [0.29, 0.717) is 6.54 Å². The molecule has 6 heteroatoms. The summed E-state index contributed by atoms with van der Waals surface area (Å²) in [7, 11) is 1.85. The van der Waals surface area contributed by atoms with Gasteiger partial charge in [-0.1, -0.05) is 43.5 Å². The van der Waals surface area contributed by atoms with Crippen molar-refractivity contribution in [1.29, 1.82) is 0 Å². The topological polar surface area (TPSA) is 61.8 Å². The molecule has 1 aromatic carbocycles. The van der Waals surface area contributed by atoms with Crippen molar-refractivity contribution in [1.82, 2.24) is 20.5 Å². The van der Waals surface area contributed by atoms with Crippen LogP contribution in [0.3, 0.4) is 0 Å². The average molecular weight is 396 g/mol. The molecule has 0 unspecified atom stereocenters. The van der Waals surface area contributed by atoms with Gasteiger partial charge in [-0.25, -0.2) is 0 Å². The molecule has 1 saturated heterocycles. The Bertz CT molecular complexity index is 820. The van der Waals surface area contributed by atoms with Gasteiger partial charge in [-0.15, -0.1) is 0 Å². The SMILES string of the molecule is CN=C(NCc1cccc2cccnc12)NCC1(N2CCOCC2)CCCCC1. The van der Waals surface area contributed by atoms with Crippen LogP contribution in [0, 0.1) is 0 Å². The molecule has 2 aromatic rings. The van der Waals surface area contributed by atoms with E-state index >= 15 is 0 Å². The minimum Gasteiger partial charge on any atom is -0.379 e. The highest BCUT2D eigenvalue weighted by molar-refractivity contribution is 5.83. The second kappa shape index (κ2) is 9.55. The Labute approximate surface area is 173 Å². The van der Waals surface area contributed by atoms with Gasteiger partial charge >= 0.3 is 0 Å². The lowest BCUT2D eigenvalue weighted by atomic mass is 9.80. The number of ether oxygens (including phenoxy) is 1. The van der Waals surface area contributed by atoms with Crippen LogP contribution >= 0.6 is 0 Å². The molecule has 1 aliphatic carbocycles. The van der Waals surface area contributed by atoms with E-state index in [9.17, 15) is 0 Å². The van der Waals surface area contributed by atoms with Crippen LogP contribution in [-0.2, 0) is 11.3 Å². The molecule has 2 heterocycles. The maximum Gasteiger partial charge on any atom is 0.191 e. The highest BCUT2D eigenvalue weighted by Gasteiger charge is 2.38. The zero-order valence-electron chi connectivity index (χ0n) is 17.5. The molecule has 2 aliphatic rings. The molecule has 1 aromatic heterocycles. The second-order valence-corrected chi connectivity index (χ2v) is 8.16. The zero-order chi connectivity index (χ0) is 19.9. The number of aromatic nitrogens is 1. The van der Waals surface area contributed by atoms with Crippen LogP contribution in [0.4, 0.5) is 0 Å². The molecule has 2 fully saturated rings. The largest absolute Gasteiger partial charge is 0.379 e. The Kier molecular flexibility index (Phi) is 6.62. The second-order valence-electron chi connectivity index (χ2n) is 8.16. The Hall–Kier alpha value is -2.18. The third kappa shape index (κ3) is 4.70. The van der Waals surface area contributed by atoms with E-state index in [1.807, 2.05) is 19.3 Å². The fourth-order valence-electron chi connectivity index (χ4n) is 4.81. The summed E-state index contributed by atoms with van der Waals surface area (Å²) in [6.45, 7) is 5.41. The van der Waals surface area contributed by atoms with Gasteiger partial charge in [0.1, 0.15) is 0 Å². The Morgan fingerprint density at radius 3 is 2.69 bits per heavy atom. The molecule has 6 nitrogen and oxygen atoms in total. The van der Waals surface area contributed by atoms with Crippen molar-refractivity contribution in [3.63, 3.8) is 0 Å². The summed E-state index contributed by atoms with van der Waals surface area (Å²) >= 11 is 0. The number of nitrogens with one attached hydrogen (secondary N) is 2. The number of pyridine rings is 1. The number of para-hydroxylation sites is 1. The van der Waals surface area contributed by atoms with Gasteiger partial charge < -0.3 is 15.4 Å². The Morgan fingerprint density at radius 2 is 1.90 bits per heavy atom. The average Bonchev–Trinajstić information content (AvgIpc) is 2.80. The van der Waals surface area contributed by atoms with E-state index in [1.165, 1.54) is 43.1 Å². The predicted octanol–water partition coefficient (Wildman–Crippen LogP) is 2.93. The summed E-state index contributed by atoms with van der Waals surface area (Å²) < 4.78 is 5.60. The van der Waals surface area contributed by atoms with Gasteiger partial charge in [0.2, 0.25) is 0 Å². The maximum atomic E-state index is 5.60. The van der Waals surface area contributed by atoms with Crippen LogP contribution in [-0.4, -0.2) is 61.3 Å². The van der Waals surface area contributed by atoms with Crippen LogP contribution in [0.15, 0.2) is 41.5 Å². The van der Waals surface area contributed by atoms with Crippen LogP contribution < -0.4 is 10.6 Å². The first kappa shape index (κ1) is 20.1. The monoisotopic (exact) mass is 395 g/mol. The molecule has 1 aliphatic heterocycles. The number of aliphatic imine (C=N–C) groups is 1. The quantitative estimate of drug-likeness (QED) is 0.602. The number of hydrogen-bond acceptors (Lipinski definition) is 4. The minimum atomic E-state index is 0.223. The lowest BCUT2D eigenvalue weighted by Crippen LogP contribution is -2.60. The molecule has 0 amide bonds. The van der Waals surface area contributed by atoms with Crippen molar-refractivity contribution < 1.29 is 4.74 Å². The number of benzene rings is 1. The lowest BCUT2D eigenvalue weighted by molar-refractivity contribution is -0.0352. The molecule has 0 spiro atoms. The number of rotatable bonds is 5. The summed E-state index contributed by atoms with van der Waals surface area (Å²) in [5.41, 5.74) is 2.46. The highest BCUT2D eigenvalue weighted by atomic mass is 16.5. The molecular formula is C23H33N5O. The van der Waals surface area contributed by atoms with Gasteiger partial charge in [0.05, 0.1) is 18.7 Å². The number of guanidine groups is 1. The minimum absolute atomic E-state index is 0.223. The van der Waals surface area contributed by atoms with Crippen molar-refractivity contribution in [3.8, 4) is 0 Å². The smallest absolute Gasteiger partial charge is 0.191 e. The van der Waals surface area contributed by atoms with E-state index in [0.717, 1.165) is 44.3 Å². The standard InChI is InChI=1S/C23H33N5O/c1-24-22(26-17-20-8-5-7-19-9-6-12-25-21(19)20)27-18-23(10-3-2-4-11-23)28-13-15-29-16-14-28/h5-9,12H,2-4,10-11,13-18H2,1H3,(H2,24,26,27). The summed E-state index contributed by atoms with van der Waals surface area (Å²) in [6, 6.07) is 10.4. The third-order valence-electron chi connectivity index (χ3n) is 6.44. The Balaban J connectivity index is 1.40. The molecule has 0 radical (unpaired) electrons. The summed E-state index contributed by atoms with van der Waals surface area (Å²) in [5, 5.41) is 8.29. The van der Waals surface area contributed by atoms with E-state index in [2.05, 4.69) is 49.8 Å². The zero-order valence-corrected chi connectivity index (χ0v) is 17.5. The normalized spacial score (nSPS) is 20.5. The van der Waals surface area contributed by atoms with Gasteiger partial charge in [-0.2, -0.15) is 0 Å². The molecule has 156 valence electrons. The van der Waals surface area contributed by atoms with Crippen molar-refractivity contribution in [2.24, 2.45) is 4.99 Å². The summed E-state index contributed by atoms with van der Waals surface area (Å²) in [5.74, 6) is 0.858. The van der Waals surface area contributed by atoms with E-state index in [1.54, 1.807) is 0 Å². The third-order valence-corrected chi connectivity index (χ3v) is 6.44. The molecule has 0 atom stereocenters. The van der Waals surface area contributed by atoms with Gasteiger partial charge in [0.15, 0.2) is 5.96 Å². The molecule has 29 heavy (non-hydrogen) atoms. The molecule has 2 N–H and O–H groups in total. The first-order chi connectivity index (χ1) is 14.3. The Morgan fingerprint density at radius 1 is 1.10 bits per heavy atom. The van der Waals surface area contributed by atoms with Crippen molar-refractivity contribution in [2.75, 3.05) is 39.9 Å². The van der Waals surface area contributed by atoms with E-state index in [-0.39, 0.29) is 5.54 Å². The van der Waals surface area contributed by atoms with E-state index in [4.69, 9.17) is 4.74 Å². The number of fused-ring (bicyclic) bond motifs is 1. The molecular weight excluding hydrogens is 362 g/mol. The van der Waals surface area contributed by atoms with Gasteiger partial charge in [0.25, 0.3) is 0 Å². The van der Waals surface area contributed by atoms with Crippen molar-refractivity contribution in [2.45, 2.75) is 44.2 Å². The molecule has 1 saturated carbocycles. The first-order valence-corrected chi connectivity index (χ1v) is 10.9. The predicted molar refractivity (Wildman–Crippen MR) is 118 cm³/mol. The van der Waals surface area contributed by atoms with Crippen LogP contribution in [0.1, 0.15) is 37.7 Å². The van der Waals surface area contributed by atoms with Gasteiger partial charge in [-0.3, -0.25) is 14.9 Å². The van der Waals surface area contributed by atoms with Crippen molar-refractivity contribution >= 4 is 16.9 Å². The van der Waals surface area contributed by atoms with E-state index < -0.39 is 0 Å². The number of nitrogens with zero attached hydrogens (tertiary/aromatic N) is 3. The summed E-state index contributed by atoms with van der Waals surface area (Å²) in [6.07, 6.45) is 8.34. The summed E-state index contributed by atoms with van der Waals surface area (Å²) in [4.78, 5) is 11.7. The fraction of sp³-hybridized carbons (Fsp3) is 0.565. The molecule has 0 bridgehead atoms. The highest BCUT2D eigenvalue weighted by Crippen LogP contribution is 2.33. The maximum absolute atomic E-state index is 5.60. The first-order valence-electron chi connectivity index (χ1n) is 10.9. The van der Waals surface area contributed by atoms with Gasteiger partial charge in [0, 0.05) is 50.3 Å².